The molecule has 0 saturated carbocycles. The summed E-state index contributed by atoms with van der Waals surface area (Å²) >= 11 is 0. The quantitative estimate of drug-likeness (QED) is 0.445. The molecule has 0 radical (unpaired) electrons. The molecule has 6 heteroatoms. The van der Waals surface area contributed by atoms with E-state index < -0.39 is 37.6 Å². The molecular formula is C13H18O6. The molecule has 5 atom stereocenters. The van der Waals surface area contributed by atoms with Gasteiger partial charge in [-0.05, 0) is 5.56 Å². The standard InChI is InChI=1S/C13H18O6/c14-6-10(16)12(17)13(18)11(7-15)19-8-9-4-2-1-3-5-9/h1-5,7,10-14,16-18H,6,8H2/t10-,11+,12-,13-/m1/s1/i8D/t8?,10-,11+,12-,13-. The lowest BCUT2D eigenvalue weighted by molar-refractivity contribution is -0.147. The van der Waals surface area contributed by atoms with Gasteiger partial charge in [0.1, 0.15) is 24.4 Å². The van der Waals surface area contributed by atoms with Gasteiger partial charge >= 0.3 is 0 Å². The van der Waals surface area contributed by atoms with Crippen molar-refractivity contribution in [1.29, 1.82) is 0 Å². The summed E-state index contributed by atoms with van der Waals surface area (Å²) in [4.78, 5) is 10.9. The van der Waals surface area contributed by atoms with Crippen molar-refractivity contribution in [1.82, 2.24) is 0 Å². The van der Waals surface area contributed by atoms with Crippen molar-refractivity contribution in [3.63, 3.8) is 0 Å². The second-order valence-corrected chi connectivity index (χ2v) is 4.00. The van der Waals surface area contributed by atoms with Crippen molar-refractivity contribution in [3.8, 4) is 0 Å². The lowest BCUT2D eigenvalue weighted by Crippen LogP contribution is -2.47. The van der Waals surface area contributed by atoms with Gasteiger partial charge in [0.2, 0.25) is 0 Å². The highest BCUT2D eigenvalue weighted by Gasteiger charge is 2.31. The zero-order chi connectivity index (χ0) is 15.1. The molecule has 0 bridgehead atoms. The number of carbonyl (C=O) groups is 1. The van der Waals surface area contributed by atoms with E-state index in [1.807, 2.05) is 0 Å². The van der Waals surface area contributed by atoms with E-state index in [4.69, 9.17) is 11.2 Å². The smallest absolute Gasteiger partial charge is 0.151 e. The Bertz CT molecular complexity index is 401. The monoisotopic (exact) mass is 271 g/mol. The first-order valence-corrected chi connectivity index (χ1v) is 5.74. The number of rotatable bonds is 8. The van der Waals surface area contributed by atoms with Gasteiger partial charge in [0.05, 0.1) is 14.6 Å². The fourth-order valence-electron chi connectivity index (χ4n) is 1.41. The van der Waals surface area contributed by atoms with Gasteiger partial charge in [-0.1, -0.05) is 30.3 Å². The van der Waals surface area contributed by atoms with Crippen LogP contribution in [0, 0.1) is 0 Å². The third-order valence-electron chi connectivity index (χ3n) is 2.56. The molecular weight excluding hydrogens is 252 g/mol. The van der Waals surface area contributed by atoms with Gasteiger partial charge in [0.25, 0.3) is 0 Å². The van der Waals surface area contributed by atoms with Gasteiger partial charge in [-0.3, -0.25) is 0 Å². The molecule has 1 unspecified atom stereocenters. The summed E-state index contributed by atoms with van der Waals surface area (Å²) in [6.07, 6.45) is -6.35. The number of aldehydes is 1. The van der Waals surface area contributed by atoms with Crippen LogP contribution in [0.5, 0.6) is 0 Å². The van der Waals surface area contributed by atoms with Crippen LogP contribution < -0.4 is 0 Å². The van der Waals surface area contributed by atoms with Crippen LogP contribution in [0.3, 0.4) is 0 Å². The first-order valence-electron chi connectivity index (χ1n) is 6.32. The van der Waals surface area contributed by atoms with Crippen molar-refractivity contribution >= 4 is 6.29 Å². The van der Waals surface area contributed by atoms with Crippen molar-refractivity contribution < 1.29 is 31.3 Å². The summed E-state index contributed by atoms with van der Waals surface area (Å²) in [5, 5.41) is 37.1. The molecule has 6 nitrogen and oxygen atoms in total. The Morgan fingerprint density at radius 1 is 1.21 bits per heavy atom. The Labute approximate surface area is 112 Å². The van der Waals surface area contributed by atoms with E-state index in [1.165, 1.54) is 0 Å². The summed E-state index contributed by atoms with van der Waals surface area (Å²) < 4.78 is 12.8. The van der Waals surface area contributed by atoms with Crippen LogP contribution in [0.1, 0.15) is 6.93 Å². The number of carbonyl (C=O) groups excluding carboxylic acids is 1. The van der Waals surface area contributed by atoms with Gasteiger partial charge in [-0.2, -0.15) is 0 Å². The maximum Gasteiger partial charge on any atom is 0.151 e. The van der Waals surface area contributed by atoms with E-state index in [1.54, 1.807) is 30.3 Å². The van der Waals surface area contributed by atoms with Crippen molar-refractivity contribution in [2.24, 2.45) is 0 Å². The SMILES string of the molecule is [2H]C(O[C@@H](C=O)[C@@H](O)[C@H](O)[C@H](O)CO)c1ccccc1. The van der Waals surface area contributed by atoms with Gasteiger partial charge in [-0.15, -0.1) is 0 Å². The highest BCUT2D eigenvalue weighted by Crippen LogP contribution is 2.10. The molecule has 0 aliphatic heterocycles. The molecule has 0 fully saturated rings. The van der Waals surface area contributed by atoms with E-state index in [2.05, 4.69) is 0 Å². The summed E-state index contributed by atoms with van der Waals surface area (Å²) in [5.74, 6) is 0. The molecule has 106 valence electrons. The first kappa shape index (κ1) is 14.1. The Kier molecular flexibility index (Phi) is 5.93. The Morgan fingerprint density at radius 2 is 1.84 bits per heavy atom. The molecule has 0 aromatic heterocycles. The third-order valence-corrected chi connectivity index (χ3v) is 2.56. The summed E-state index contributed by atoms with van der Waals surface area (Å²) in [6.45, 7) is -1.99. The van der Waals surface area contributed by atoms with Gasteiger partial charge in [-0.25, -0.2) is 0 Å². The number of ether oxygens (including phenoxy) is 1. The molecule has 0 amide bonds. The van der Waals surface area contributed by atoms with Crippen LogP contribution in [-0.2, 0) is 16.1 Å². The summed E-state index contributed by atoms with van der Waals surface area (Å²) in [5.41, 5.74) is 0.476. The molecule has 1 aromatic rings. The lowest BCUT2D eigenvalue weighted by Gasteiger charge is -2.25. The molecule has 0 spiro atoms. The minimum absolute atomic E-state index is 0.239. The molecule has 4 N–H and O–H groups in total. The van der Waals surface area contributed by atoms with E-state index in [0.717, 1.165) is 0 Å². The molecule has 19 heavy (non-hydrogen) atoms. The van der Waals surface area contributed by atoms with Crippen LogP contribution in [0.2, 0.25) is 0 Å². The summed E-state index contributed by atoms with van der Waals surface area (Å²) in [6, 6.07) is 8.37. The molecule has 0 aliphatic rings. The minimum atomic E-state index is -1.75. The maximum atomic E-state index is 10.9. The maximum absolute atomic E-state index is 10.9. The largest absolute Gasteiger partial charge is 0.394 e. The summed E-state index contributed by atoms with van der Waals surface area (Å²) in [7, 11) is 0. The van der Waals surface area contributed by atoms with Crippen LogP contribution >= 0.6 is 0 Å². The molecule has 0 aliphatic carbocycles. The van der Waals surface area contributed by atoms with Crippen LogP contribution in [0.4, 0.5) is 0 Å². The molecule has 1 rings (SSSR count). The molecule has 0 saturated heterocycles. The minimum Gasteiger partial charge on any atom is -0.394 e. The van der Waals surface area contributed by atoms with Crippen molar-refractivity contribution in [2.45, 2.75) is 31.0 Å². The molecule has 0 heterocycles. The van der Waals surface area contributed by atoms with Gasteiger partial charge in [0, 0.05) is 0 Å². The van der Waals surface area contributed by atoms with Crippen LogP contribution in [0.15, 0.2) is 30.3 Å². The number of hydrogen-bond acceptors (Lipinski definition) is 6. The zero-order valence-electron chi connectivity index (χ0n) is 11.2. The molecule has 1 aromatic carbocycles. The number of aliphatic hydroxyl groups is 4. The number of hydrogen-bond donors (Lipinski definition) is 4. The van der Waals surface area contributed by atoms with Gasteiger partial charge < -0.3 is 30.0 Å². The van der Waals surface area contributed by atoms with E-state index in [9.17, 15) is 20.1 Å². The highest BCUT2D eigenvalue weighted by molar-refractivity contribution is 5.57. The Balaban J connectivity index is 2.69. The van der Waals surface area contributed by atoms with E-state index in [0.29, 0.717) is 5.56 Å². The second-order valence-electron chi connectivity index (χ2n) is 4.00. The van der Waals surface area contributed by atoms with E-state index >= 15 is 0 Å². The van der Waals surface area contributed by atoms with Crippen molar-refractivity contribution in [2.75, 3.05) is 6.61 Å². The predicted octanol–water partition coefficient (Wildman–Crippen LogP) is -1.15. The fourth-order valence-corrected chi connectivity index (χ4v) is 1.41. The van der Waals surface area contributed by atoms with Gasteiger partial charge in [0.15, 0.2) is 6.29 Å². The normalized spacial score (nSPS) is 19.9. The number of aliphatic hydroxyl groups excluding tert-OH is 4. The van der Waals surface area contributed by atoms with Crippen molar-refractivity contribution in [3.05, 3.63) is 35.9 Å². The van der Waals surface area contributed by atoms with Crippen LogP contribution in [0.25, 0.3) is 0 Å². The third kappa shape index (κ3) is 4.70. The highest BCUT2D eigenvalue weighted by atomic mass is 16.5. The Morgan fingerprint density at radius 3 is 2.37 bits per heavy atom. The average molecular weight is 271 g/mol. The topological polar surface area (TPSA) is 107 Å². The average Bonchev–Trinajstić information content (AvgIpc) is 2.50. The number of benzene rings is 1. The van der Waals surface area contributed by atoms with Crippen LogP contribution in [-0.4, -0.2) is 57.7 Å². The fraction of sp³-hybridized carbons (Fsp3) is 0.462. The zero-order valence-corrected chi connectivity index (χ0v) is 10.2. The second kappa shape index (κ2) is 7.98. The lowest BCUT2D eigenvalue weighted by atomic mass is 10.0. The predicted molar refractivity (Wildman–Crippen MR) is 66.2 cm³/mol. The first-order chi connectivity index (χ1) is 9.51. The Hall–Kier alpha value is -1.31. The van der Waals surface area contributed by atoms with E-state index in [-0.39, 0.29) is 6.29 Å².